The molecule has 0 radical (unpaired) electrons. The van der Waals surface area contributed by atoms with Crippen molar-refractivity contribution in [3.8, 4) is 0 Å². The lowest BCUT2D eigenvalue weighted by molar-refractivity contribution is -0.161. The van der Waals surface area contributed by atoms with E-state index in [0.717, 1.165) is 108 Å². The first-order chi connectivity index (χ1) is 43.6. The van der Waals surface area contributed by atoms with E-state index >= 15 is 0 Å². The largest absolute Gasteiger partial charge is 0.472 e. The van der Waals surface area contributed by atoms with Gasteiger partial charge in [0.15, 0.2) is 12.2 Å². The molecule has 17 nitrogen and oxygen atoms in total. The van der Waals surface area contributed by atoms with Crippen molar-refractivity contribution < 1.29 is 80.2 Å². The highest BCUT2D eigenvalue weighted by atomic mass is 31.2. The molecule has 0 aromatic heterocycles. The van der Waals surface area contributed by atoms with Crippen LogP contribution in [0, 0.1) is 23.7 Å². The van der Waals surface area contributed by atoms with Crippen molar-refractivity contribution in [1.82, 2.24) is 0 Å². The molecule has 91 heavy (non-hydrogen) atoms. The Morgan fingerprint density at radius 3 is 0.780 bits per heavy atom. The summed E-state index contributed by atoms with van der Waals surface area (Å²) in [6.45, 7) is 14.0. The molecule has 540 valence electrons. The fourth-order valence-electron chi connectivity index (χ4n) is 10.8. The third-order valence-electron chi connectivity index (χ3n) is 16.9. The summed E-state index contributed by atoms with van der Waals surface area (Å²) in [6.07, 6.45) is 44.9. The normalized spacial score (nSPS) is 14.5. The molecule has 0 amide bonds. The van der Waals surface area contributed by atoms with Crippen LogP contribution in [0.3, 0.4) is 0 Å². The Morgan fingerprint density at radius 1 is 0.308 bits per heavy atom. The summed E-state index contributed by atoms with van der Waals surface area (Å²) in [5.41, 5.74) is 0. The van der Waals surface area contributed by atoms with Crippen molar-refractivity contribution in [2.24, 2.45) is 23.7 Å². The lowest BCUT2D eigenvalue weighted by atomic mass is 9.99. The Bertz CT molecular complexity index is 1800. The molecule has 3 N–H and O–H groups in total. The Balaban J connectivity index is 5.14. The van der Waals surface area contributed by atoms with Crippen LogP contribution in [0.4, 0.5) is 0 Å². The molecule has 0 saturated carbocycles. The molecule has 0 aromatic rings. The topological polar surface area (TPSA) is 237 Å². The highest BCUT2D eigenvalue weighted by molar-refractivity contribution is 7.47. The maximum absolute atomic E-state index is 13.0. The van der Waals surface area contributed by atoms with Gasteiger partial charge >= 0.3 is 39.5 Å². The van der Waals surface area contributed by atoms with Crippen LogP contribution in [-0.4, -0.2) is 96.7 Å². The highest BCUT2D eigenvalue weighted by Crippen LogP contribution is 2.45. The minimum Gasteiger partial charge on any atom is -0.462 e. The zero-order valence-corrected chi connectivity index (χ0v) is 61.3. The zero-order chi connectivity index (χ0) is 67.5. The first kappa shape index (κ1) is 89.1. The van der Waals surface area contributed by atoms with Gasteiger partial charge < -0.3 is 33.8 Å². The van der Waals surface area contributed by atoms with Gasteiger partial charge in [0.1, 0.15) is 19.3 Å². The van der Waals surface area contributed by atoms with Crippen molar-refractivity contribution in [3.63, 3.8) is 0 Å². The molecule has 0 saturated heterocycles. The van der Waals surface area contributed by atoms with Gasteiger partial charge in [-0.3, -0.25) is 37.3 Å². The minimum absolute atomic E-state index is 0.101. The Morgan fingerprint density at radius 2 is 0.527 bits per heavy atom. The second-order valence-electron chi connectivity index (χ2n) is 27.6. The van der Waals surface area contributed by atoms with Crippen LogP contribution in [0.1, 0.15) is 357 Å². The number of phosphoric acid groups is 2. The molecule has 19 heteroatoms. The number of hydrogen-bond donors (Lipinski definition) is 3. The van der Waals surface area contributed by atoms with E-state index in [-0.39, 0.29) is 25.7 Å². The van der Waals surface area contributed by atoms with E-state index in [1.807, 2.05) is 0 Å². The molecule has 0 rings (SSSR count). The molecule has 0 fully saturated rings. The number of carbonyl (C=O) groups is 4. The molecule has 0 aliphatic carbocycles. The number of aliphatic hydroxyl groups excluding tert-OH is 1. The summed E-state index contributed by atoms with van der Waals surface area (Å²) in [5.74, 6) is 0.806. The molecular weight excluding hydrogens is 1200 g/mol. The lowest BCUT2D eigenvalue weighted by Gasteiger charge is -2.21. The molecule has 0 heterocycles. The maximum Gasteiger partial charge on any atom is 0.472 e. The smallest absolute Gasteiger partial charge is 0.462 e. The highest BCUT2D eigenvalue weighted by Gasteiger charge is 2.30. The average Bonchev–Trinajstić information content (AvgIpc) is 3.23. The molecule has 6 atom stereocenters. The number of rotatable bonds is 69. The van der Waals surface area contributed by atoms with Gasteiger partial charge in [0.25, 0.3) is 0 Å². The van der Waals surface area contributed by atoms with Crippen LogP contribution in [0.15, 0.2) is 0 Å². The van der Waals surface area contributed by atoms with Crippen molar-refractivity contribution >= 4 is 39.5 Å². The summed E-state index contributed by atoms with van der Waals surface area (Å²) < 4.78 is 68.2. The number of aliphatic hydroxyl groups is 1. The third-order valence-corrected chi connectivity index (χ3v) is 18.8. The molecular formula is C72H140O17P2. The van der Waals surface area contributed by atoms with E-state index in [9.17, 15) is 43.2 Å². The van der Waals surface area contributed by atoms with Crippen molar-refractivity contribution in [2.75, 3.05) is 39.6 Å². The van der Waals surface area contributed by atoms with Crippen LogP contribution in [0.2, 0.25) is 0 Å². The van der Waals surface area contributed by atoms with E-state index in [2.05, 4.69) is 55.4 Å². The molecule has 0 bridgehead atoms. The molecule has 0 aliphatic rings. The first-order valence-electron chi connectivity index (χ1n) is 37.2. The SMILES string of the molecule is CCC(C)CCCCCCCCCCC(=O)O[C@H](COC(=O)CCCCCCCCCCCCCCCCCCCCC(C)C)COP(=O)(O)OC[C@@H](O)COP(=O)(O)OC[C@@H](COC(=O)CCCCCCCCC(C)C)OC(=O)CCCCCCCCC(C)C. The van der Waals surface area contributed by atoms with E-state index < -0.39 is 97.5 Å². The van der Waals surface area contributed by atoms with E-state index in [1.165, 1.54) is 154 Å². The summed E-state index contributed by atoms with van der Waals surface area (Å²) in [6, 6.07) is 0. The number of hydrogen-bond acceptors (Lipinski definition) is 15. The fourth-order valence-corrected chi connectivity index (χ4v) is 12.4. The van der Waals surface area contributed by atoms with Crippen molar-refractivity contribution in [3.05, 3.63) is 0 Å². The maximum atomic E-state index is 13.0. The zero-order valence-electron chi connectivity index (χ0n) is 59.5. The summed E-state index contributed by atoms with van der Waals surface area (Å²) in [4.78, 5) is 72.5. The van der Waals surface area contributed by atoms with Gasteiger partial charge in [0.2, 0.25) is 0 Å². The summed E-state index contributed by atoms with van der Waals surface area (Å²) >= 11 is 0. The third kappa shape index (κ3) is 65.1. The van der Waals surface area contributed by atoms with Gasteiger partial charge in [-0.15, -0.1) is 0 Å². The van der Waals surface area contributed by atoms with Gasteiger partial charge in [-0.1, -0.05) is 306 Å². The van der Waals surface area contributed by atoms with Crippen LogP contribution in [-0.2, 0) is 65.4 Å². The molecule has 0 aliphatic heterocycles. The predicted molar refractivity (Wildman–Crippen MR) is 367 cm³/mol. The molecule has 0 spiro atoms. The van der Waals surface area contributed by atoms with Gasteiger partial charge in [0, 0.05) is 25.7 Å². The van der Waals surface area contributed by atoms with Crippen LogP contribution in [0.25, 0.3) is 0 Å². The Kier molecular flexibility index (Phi) is 60.3. The number of esters is 4. The first-order valence-corrected chi connectivity index (χ1v) is 40.2. The monoisotopic (exact) mass is 1340 g/mol. The van der Waals surface area contributed by atoms with Gasteiger partial charge in [-0.05, 0) is 49.4 Å². The van der Waals surface area contributed by atoms with E-state index in [0.29, 0.717) is 37.5 Å². The van der Waals surface area contributed by atoms with Crippen LogP contribution >= 0.6 is 15.6 Å². The van der Waals surface area contributed by atoms with E-state index in [4.69, 9.17) is 37.0 Å². The van der Waals surface area contributed by atoms with Gasteiger partial charge in [0.05, 0.1) is 26.4 Å². The van der Waals surface area contributed by atoms with Crippen molar-refractivity contribution in [1.29, 1.82) is 0 Å². The summed E-state index contributed by atoms with van der Waals surface area (Å²) in [5, 5.41) is 10.6. The standard InChI is InChI=1S/C72H140O17P2/c1-9-65(8)51-43-35-25-22-23-27-38-46-54-71(76)88-67(58-82-69(74)52-44-36-26-21-19-17-15-13-11-10-12-14-16-18-20-24-32-40-48-62(2)3)60-86-90(78,79)84-56-66(73)57-85-91(80,81)87-61-68(89-72(77)55-47-39-31-29-34-42-50-64(6)7)59-83-70(75)53-45-37-30-28-33-41-49-63(4)5/h62-68,73H,9-61H2,1-8H3,(H,78,79)(H,80,81)/t65?,66-,67-,68-/m1/s1. The van der Waals surface area contributed by atoms with Crippen molar-refractivity contribution in [2.45, 2.75) is 375 Å². The van der Waals surface area contributed by atoms with E-state index in [1.54, 1.807) is 0 Å². The number of carbonyl (C=O) groups excluding carboxylic acids is 4. The average molecular weight is 1340 g/mol. The second-order valence-corrected chi connectivity index (χ2v) is 30.6. The predicted octanol–water partition coefficient (Wildman–Crippen LogP) is 20.5. The molecule has 3 unspecified atom stereocenters. The Labute approximate surface area is 556 Å². The lowest BCUT2D eigenvalue weighted by Crippen LogP contribution is -2.30. The van der Waals surface area contributed by atoms with Crippen LogP contribution < -0.4 is 0 Å². The fraction of sp³-hybridized carbons (Fsp3) is 0.944. The Hall–Kier alpha value is -1.94. The molecule has 0 aromatic carbocycles. The second kappa shape index (κ2) is 61.6. The quantitative estimate of drug-likeness (QED) is 0.0222. The van der Waals surface area contributed by atoms with Gasteiger partial charge in [-0.25, -0.2) is 9.13 Å². The summed E-state index contributed by atoms with van der Waals surface area (Å²) in [7, 11) is -9.90. The number of phosphoric ester groups is 2. The van der Waals surface area contributed by atoms with Gasteiger partial charge in [-0.2, -0.15) is 0 Å². The number of ether oxygens (including phenoxy) is 4. The number of unbranched alkanes of at least 4 members (excludes halogenated alkanes) is 34. The van der Waals surface area contributed by atoms with Crippen LogP contribution in [0.5, 0.6) is 0 Å². The minimum atomic E-state index is -4.95.